The second-order valence-electron chi connectivity index (χ2n) is 7.23. The van der Waals surface area contributed by atoms with E-state index in [4.69, 9.17) is 9.15 Å². The van der Waals surface area contributed by atoms with Gasteiger partial charge in [0.25, 0.3) is 5.91 Å². The molecule has 4 rings (SSSR count). The maximum Gasteiger partial charge on any atom is 0.253 e. The number of hydrogen-bond acceptors (Lipinski definition) is 9. The molecule has 1 aliphatic heterocycles. The lowest BCUT2D eigenvalue weighted by atomic mass is 10.1. The lowest BCUT2D eigenvalue weighted by Gasteiger charge is -2.34. The monoisotopic (exact) mass is 487 g/mol. The highest BCUT2D eigenvalue weighted by Crippen LogP contribution is 2.28. The second kappa shape index (κ2) is 11.2. The van der Waals surface area contributed by atoms with Gasteiger partial charge in [0.1, 0.15) is 11.5 Å². The predicted octanol–water partition coefficient (Wildman–Crippen LogP) is 2.90. The largest absolute Gasteiger partial charge is 0.494 e. The van der Waals surface area contributed by atoms with Gasteiger partial charge in [0, 0.05) is 31.7 Å². The van der Waals surface area contributed by atoms with Crippen molar-refractivity contribution in [2.45, 2.75) is 17.8 Å². The minimum atomic E-state index is -0.0884. The van der Waals surface area contributed by atoms with E-state index >= 15 is 0 Å². The normalized spacial score (nSPS) is 13.7. The molecule has 2 amide bonds. The fourth-order valence-corrected chi connectivity index (χ4v) is 5.03. The summed E-state index contributed by atoms with van der Waals surface area (Å²) in [5.41, 5.74) is 0.659. The molecule has 0 spiro atoms. The molecule has 0 unspecified atom stereocenters. The topological polar surface area (TPSA) is 101 Å². The third kappa shape index (κ3) is 6.26. The lowest BCUT2D eigenvalue weighted by Crippen LogP contribution is -2.48. The van der Waals surface area contributed by atoms with Crippen LogP contribution in [0.1, 0.15) is 23.0 Å². The van der Waals surface area contributed by atoms with Crippen molar-refractivity contribution >= 4 is 40.0 Å². The number of anilines is 1. The molecule has 2 aromatic heterocycles. The van der Waals surface area contributed by atoms with Gasteiger partial charge < -0.3 is 24.3 Å². The Bertz CT molecular complexity index is 1050. The quantitative estimate of drug-likeness (QED) is 0.460. The third-order valence-corrected chi connectivity index (χ3v) is 7.13. The highest BCUT2D eigenvalue weighted by Gasteiger charge is 2.24. The first-order valence-electron chi connectivity index (χ1n) is 10.6. The molecule has 1 saturated heterocycles. The van der Waals surface area contributed by atoms with Gasteiger partial charge in [-0.05, 0) is 43.3 Å². The molecule has 0 radical (unpaired) electrons. The molecular formula is C22H25N5O4S2. The second-order valence-corrected chi connectivity index (χ2v) is 9.41. The minimum Gasteiger partial charge on any atom is -0.494 e. The van der Waals surface area contributed by atoms with Gasteiger partial charge in [-0.1, -0.05) is 23.1 Å². The van der Waals surface area contributed by atoms with Crippen LogP contribution in [0.15, 0.2) is 51.4 Å². The number of nitrogens with one attached hydrogen (secondary N) is 1. The SMILES string of the molecule is CCOc1ccc(C(=O)N2CCN(c3nnc(SCC(=O)NCc4ccco4)s3)CC2)cc1. The smallest absolute Gasteiger partial charge is 0.253 e. The Hall–Kier alpha value is -3.05. The van der Waals surface area contributed by atoms with Crippen molar-refractivity contribution in [3.05, 3.63) is 54.0 Å². The van der Waals surface area contributed by atoms with E-state index in [0.717, 1.165) is 15.2 Å². The van der Waals surface area contributed by atoms with E-state index in [2.05, 4.69) is 20.4 Å². The Kier molecular flexibility index (Phi) is 7.84. The zero-order valence-electron chi connectivity index (χ0n) is 18.2. The summed E-state index contributed by atoms with van der Waals surface area (Å²) in [4.78, 5) is 28.8. The third-order valence-electron chi connectivity index (χ3n) is 5.01. The first-order chi connectivity index (χ1) is 16.1. The van der Waals surface area contributed by atoms with Gasteiger partial charge >= 0.3 is 0 Å². The van der Waals surface area contributed by atoms with Crippen LogP contribution in [0.4, 0.5) is 5.13 Å². The van der Waals surface area contributed by atoms with Crippen LogP contribution in [-0.2, 0) is 11.3 Å². The fourth-order valence-electron chi connectivity index (χ4n) is 3.31. The first-order valence-corrected chi connectivity index (χ1v) is 12.4. The highest BCUT2D eigenvalue weighted by molar-refractivity contribution is 8.01. The number of nitrogens with zero attached hydrogens (tertiary/aromatic N) is 4. The van der Waals surface area contributed by atoms with Crippen LogP contribution in [0.3, 0.4) is 0 Å². The highest BCUT2D eigenvalue weighted by atomic mass is 32.2. The van der Waals surface area contributed by atoms with Crippen LogP contribution in [0, 0.1) is 0 Å². The average Bonchev–Trinajstić information content (AvgIpc) is 3.54. The summed E-state index contributed by atoms with van der Waals surface area (Å²) in [6.45, 7) is 5.50. The van der Waals surface area contributed by atoms with E-state index in [1.165, 1.54) is 23.1 Å². The molecule has 9 nitrogen and oxygen atoms in total. The maximum absolute atomic E-state index is 12.8. The van der Waals surface area contributed by atoms with E-state index in [1.807, 2.05) is 30.0 Å². The van der Waals surface area contributed by atoms with E-state index < -0.39 is 0 Å². The molecule has 1 N–H and O–H groups in total. The lowest BCUT2D eigenvalue weighted by molar-refractivity contribution is -0.118. The van der Waals surface area contributed by atoms with Crippen LogP contribution >= 0.6 is 23.1 Å². The molecule has 0 aliphatic carbocycles. The van der Waals surface area contributed by atoms with Gasteiger partial charge in [0.05, 0.1) is 25.2 Å². The van der Waals surface area contributed by atoms with Gasteiger partial charge in [0.15, 0.2) is 4.34 Å². The van der Waals surface area contributed by atoms with Crippen molar-refractivity contribution in [1.29, 1.82) is 0 Å². The molecule has 1 aromatic carbocycles. The molecule has 0 saturated carbocycles. The molecule has 174 valence electrons. The number of hydrogen-bond donors (Lipinski definition) is 1. The number of carbonyl (C=O) groups is 2. The van der Waals surface area contributed by atoms with Gasteiger partial charge in [-0.2, -0.15) is 0 Å². The van der Waals surface area contributed by atoms with Gasteiger partial charge in [0.2, 0.25) is 11.0 Å². The van der Waals surface area contributed by atoms with Crippen molar-refractivity contribution < 1.29 is 18.7 Å². The van der Waals surface area contributed by atoms with Gasteiger partial charge in [-0.3, -0.25) is 9.59 Å². The van der Waals surface area contributed by atoms with E-state index in [-0.39, 0.29) is 17.6 Å². The van der Waals surface area contributed by atoms with Gasteiger partial charge in [-0.15, -0.1) is 10.2 Å². The van der Waals surface area contributed by atoms with Crippen LogP contribution in [0.5, 0.6) is 5.75 Å². The van der Waals surface area contributed by atoms with E-state index in [0.29, 0.717) is 50.7 Å². The van der Waals surface area contributed by atoms with Crippen LogP contribution in [0.25, 0.3) is 0 Å². The summed E-state index contributed by atoms with van der Waals surface area (Å²) < 4.78 is 11.4. The Morgan fingerprint density at radius 2 is 1.94 bits per heavy atom. The van der Waals surface area contributed by atoms with Crippen molar-refractivity contribution in [2.75, 3.05) is 43.4 Å². The number of piperazine rings is 1. The Balaban J connectivity index is 1.22. The molecule has 1 fully saturated rings. The summed E-state index contributed by atoms with van der Waals surface area (Å²) in [7, 11) is 0. The number of rotatable bonds is 9. The number of amides is 2. The standard InChI is InChI=1S/C22H25N5O4S2/c1-2-30-17-7-5-16(6-8-17)20(29)26-9-11-27(12-10-26)21-24-25-22(33-21)32-15-19(28)23-14-18-4-3-13-31-18/h3-8,13H,2,9-12,14-15H2,1H3,(H,23,28). The number of ether oxygens (including phenoxy) is 1. The molecule has 3 aromatic rings. The zero-order valence-corrected chi connectivity index (χ0v) is 19.9. The molecule has 1 aliphatic rings. The molecule has 11 heteroatoms. The number of furan rings is 1. The number of benzene rings is 1. The van der Waals surface area contributed by atoms with Crippen LogP contribution in [0.2, 0.25) is 0 Å². The summed E-state index contributed by atoms with van der Waals surface area (Å²) in [5.74, 6) is 1.67. The van der Waals surface area contributed by atoms with E-state index in [1.54, 1.807) is 24.5 Å². The summed E-state index contributed by atoms with van der Waals surface area (Å²) in [6, 6.07) is 10.9. The van der Waals surface area contributed by atoms with Crippen molar-refractivity contribution in [3.63, 3.8) is 0 Å². The molecule has 0 atom stereocenters. The molecule has 3 heterocycles. The summed E-state index contributed by atoms with van der Waals surface area (Å²) >= 11 is 2.82. The average molecular weight is 488 g/mol. The Morgan fingerprint density at radius 3 is 2.64 bits per heavy atom. The van der Waals surface area contributed by atoms with Crippen LogP contribution < -0.4 is 15.0 Å². The van der Waals surface area contributed by atoms with Crippen LogP contribution in [-0.4, -0.2) is 65.5 Å². The molecule has 33 heavy (non-hydrogen) atoms. The van der Waals surface area contributed by atoms with Crippen molar-refractivity contribution in [3.8, 4) is 5.75 Å². The molecule has 0 bridgehead atoms. The van der Waals surface area contributed by atoms with E-state index in [9.17, 15) is 9.59 Å². The first kappa shape index (κ1) is 23.1. The Morgan fingerprint density at radius 1 is 1.15 bits per heavy atom. The minimum absolute atomic E-state index is 0.0202. The fraction of sp³-hybridized carbons (Fsp3) is 0.364. The van der Waals surface area contributed by atoms with Crippen molar-refractivity contribution in [1.82, 2.24) is 20.4 Å². The Labute approximate surface area is 200 Å². The summed E-state index contributed by atoms with van der Waals surface area (Å²) in [6.07, 6.45) is 1.58. The van der Waals surface area contributed by atoms with Crippen molar-refractivity contribution in [2.24, 2.45) is 0 Å². The number of thioether (sulfide) groups is 1. The zero-order chi connectivity index (χ0) is 23.0. The number of carbonyl (C=O) groups excluding carboxylic acids is 2. The van der Waals surface area contributed by atoms with Gasteiger partial charge in [-0.25, -0.2) is 0 Å². The summed E-state index contributed by atoms with van der Waals surface area (Å²) in [5, 5.41) is 12.1. The maximum atomic E-state index is 12.8. The number of aromatic nitrogens is 2. The predicted molar refractivity (Wildman–Crippen MR) is 127 cm³/mol. The molecular weight excluding hydrogens is 462 g/mol.